The third kappa shape index (κ3) is 2.79. The van der Waals surface area contributed by atoms with Crippen molar-refractivity contribution >= 4 is 11.9 Å². The van der Waals surface area contributed by atoms with Crippen molar-refractivity contribution < 1.29 is 14.7 Å². The minimum absolute atomic E-state index is 0.326. The molecule has 2 rings (SSSR count). The van der Waals surface area contributed by atoms with Gasteiger partial charge in [-0.25, -0.2) is 9.48 Å². The topological polar surface area (TPSA) is 110 Å². The molecule has 104 valence electrons. The summed E-state index contributed by atoms with van der Waals surface area (Å²) in [6.07, 6.45) is 1.40. The summed E-state index contributed by atoms with van der Waals surface area (Å²) < 4.78 is 1.40. The van der Waals surface area contributed by atoms with Crippen molar-refractivity contribution in [3.05, 3.63) is 36.2 Å². The molecule has 0 radical (unpaired) electrons. The van der Waals surface area contributed by atoms with Gasteiger partial charge in [-0.2, -0.15) is 0 Å². The molecule has 1 aromatic heterocycles. The van der Waals surface area contributed by atoms with Gasteiger partial charge in [0.2, 0.25) is 0 Å². The van der Waals surface area contributed by atoms with E-state index in [0.717, 1.165) is 0 Å². The Morgan fingerprint density at radius 3 is 2.70 bits per heavy atom. The van der Waals surface area contributed by atoms with Crippen LogP contribution in [0.25, 0.3) is 5.69 Å². The van der Waals surface area contributed by atoms with E-state index in [4.69, 9.17) is 5.11 Å². The van der Waals surface area contributed by atoms with E-state index < -0.39 is 17.4 Å². The quantitative estimate of drug-likeness (QED) is 0.828. The Labute approximate surface area is 114 Å². The average molecular weight is 275 g/mol. The van der Waals surface area contributed by atoms with Gasteiger partial charge in [-0.15, -0.1) is 5.10 Å². The van der Waals surface area contributed by atoms with E-state index in [2.05, 4.69) is 20.8 Å². The number of hydrogen-bond donors (Lipinski definition) is 2. The molecule has 0 saturated carbocycles. The molecule has 2 N–H and O–H groups in total. The molecule has 1 aromatic carbocycles. The molecule has 0 atom stereocenters. The SMILES string of the molecule is CC(C)(NC(=O)c1cccc(-n2cnnn2)c1)C(=O)O. The van der Waals surface area contributed by atoms with Crippen LogP contribution in [0.3, 0.4) is 0 Å². The Balaban J connectivity index is 2.24. The zero-order chi connectivity index (χ0) is 14.8. The van der Waals surface area contributed by atoms with Crippen LogP contribution in [-0.2, 0) is 4.79 Å². The van der Waals surface area contributed by atoms with Crippen LogP contribution in [0.5, 0.6) is 0 Å². The molecule has 8 heteroatoms. The minimum Gasteiger partial charge on any atom is -0.480 e. The lowest BCUT2D eigenvalue weighted by atomic mass is 10.1. The standard InChI is InChI=1S/C12H13N5O3/c1-12(2,11(19)20)14-10(18)8-4-3-5-9(6-8)17-7-13-15-16-17/h3-7H,1-2H3,(H,14,18)(H,19,20). The van der Waals surface area contributed by atoms with E-state index in [1.165, 1.54) is 24.9 Å². The summed E-state index contributed by atoms with van der Waals surface area (Å²) in [7, 11) is 0. The van der Waals surface area contributed by atoms with Gasteiger partial charge in [0.1, 0.15) is 11.9 Å². The number of nitrogens with zero attached hydrogens (tertiary/aromatic N) is 4. The number of carboxylic acids is 1. The molecular weight excluding hydrogens is 262 g/mol. The second kappa shape index (κ2) is 5.08. The number of rotatable bonds is 4. The Hall–Kier alpha value is -2.77. The molecule has 0 aliphatic rings. The van der Waals surface area contributed by atoms with Crippen LogP contribution in [-0.4, -0.2) is 42.7 Å². The molecule has 0 spiro atoms. The molecule has 0 bridgehead atoms. The lowest BCUT2D eigenvalue weighted by Gasteiger charge is -2.21. The number of carboxylic acid groups (broad SMARTS) is 1. The van der Waals surface area contributed by atoms with Gasteiger partial charge in [0.15, 0.2) is 0 Å². The minimum atomic E-state index is -1.35. The second-order valence-corrected chi connectivity index (χ2v) is 4.69. The van der Waals surface area contributed by atoms with Gasteiger partial charge < -0.3 is 10.4 Å². The molecule has 2 aromatic rings. The zero-order valence-electron chi connectivity index (χ0n) is 10.9. The molecule has 0 saturated heterocycles. The van der Waals surface area contributed by atoms with Gasteiger partial charge in [-0.1, -0.05) is 6.07 Å². The fourth-order valence-corrected chi connectivity index (χ4v) is 1.48. The molecular formula is C12H13N5O3. The van der Waals surface area contributed by atoms with E-state index in [1.54, 1.807) is 24.3 Å². The van der Waals surface area contributed by atoms with Crippen molar-refractivity contribution in [2.24, 2.45) is 0 Å². The summed E-state index contributed by atoms with van der Waals surface area (Å²) in [5, 5.41) is 22.2. The highest BCUT2D eigenvalue weighted by Crippen LogP contribution is 2.11. The lowest BCUT2D eigenvalue weighted by Crippen LogP contribution is -2.49. The van der Waals surface area contributed by atoms with Crippen LogP contribution in [0, 0.1) is 0 Å². The highest BCUT2D eigenvalue weighted by atomic mass is 16.4. The number of hydrogen-bond acceptors (Lipinski definition) is 5. The van der Waals surface area contributed by atoms with E-state index in [9.17, 15) is 9.59 Å². The van der Waals surface area contributed by atoms with Crippen LogP contribution >= 0.6 is 0 Å². The van der Waals surface area contributed by atoms with Crippen LogP contribution in [0.4, 0.5) is 0 Å². The van der Waals surface area contributed by atoms with Gasteiger partial charge in [0.05, 0.1) is 5.69 Å². The maximum atomic E-state index is 12.1. The second-order valence-electron chi connectivity index (χ2n) is 4.69. The highest BCUT2D eigenvalue weighted by molar-refractivity contribution is 5.98. The van der Waals surface area contributed by atoms with Crippen molar-refractivity contribution in [3.8, 4) is 5.69 Å². The average Bonchev–Trinajstić information content (AvgIpc) is 2.92. The fourth-order valence-electron chi connectivity index (χ4n) is 1.48. The maximum absolute atomic E-state index is 12.1. The normalized spacial score (nSPS) is 11.1. The largest absolute Gasteiger partial charge is 0.480 e. The monoisotopic (exact) mass is 275 g/mol. The van der Waals surface area contributed by atoms with Crippen molar-refractivity contribution in [2.75, 3.05) is 0 Å². The first-order valence-electron chi connectivity index (χ1n) is 5.79. The predicted octanol–water partition coefficient (Wildman–Crippen LogP) is 0.255. The van der Waals surface area contributed by atoms with E-state index >= 15 is 0 Å². The van der Waals surface area contributed by atoms with Crippen LogP contribution in [0.15, 0.2) is 30.6 Å². The third-order valence-electron chi connectivity index (χ3n) is 2.68. The molecule has 1 heterocycles. The third-order valence-corrected chi connectivity index (χ3v) is 2.68. The first kappa shape index (κ1) is 13.7. The Bertz CT molecular complexity index is 636. The maximum Gasteiger partial charge on any atom is 0.328 e. The first-order chi connectivity index (χ1) is 9.40. The summed E-state index contributed by atoms with van der Waals surface area (Å²) in [4.78, 5) is 23.0. The van der Waals surface area contributed by atoms with Crippen molar-refractivity contribution in [1.29, 1.82) is 0 Å². The van der Waals surface area contributed by atoms with E-state index in [0.29, 0.717) is 11.3 Å². The molecule has 0 aliphatic carbocycles. The fraction of sp³-hybridized carbons (Fsp3) is 0.250. The van der Waals surface area contributed by atoms with Gasteiger partial charge in [-0.05, 0) is 42.5 Å². The summed E-state index contributed by atoms with van der Waals surface area (Å²) in [5.74, 6) is -1.59. The predicted molar refractivity (Wildman–Crippen MR) is 68.3 cm³/mol. The molecule has 20 heavy (non-hydrogen) atoms. The molecule has 8 nitrogen and oxygen atoms in total. The Kier molecular flexibility index (Phi) is 3.47. The summed E-state index contributed by atoms with van der Waals surface area (Å²) in [6, 6.07) is 6.56. The van der Waals surface area contributed by atoms with Gasteiger partial charge in [0, 0.05) is 5.56 Å². The number of amides is 1. The van der Waals surface area contributed by atoms with Crippen molar-refractivity contribution in [1.82, 2.24) is 25.5 Å². The zero-order valence-corrected chi connectivity index (χ0v) is 10.9. The van der Waals surface area contributed by atoms with Gasteiger partial charge >= 0.3 is 5.97 Å². The molecule has 0 fully saturated rings. The van der Waals surface area contributed by atoms with Crippen molar-refractivity contribution in [3.63, 3.8) is 0 Å². The van der Waals surface area contributed by atoms with Gasteiger partial charge in [0.25, 0.3) is 5.91 Å². The number of aromatic nitrogens is 4. The number of nitrogens with one attached hydrogen (secondary N) is 1. The van der Waals surface area contributed by atoms with E-state index in [-0.39, 0.29) is 0 Å². The summed E-state index contributed by atoms with van der Waals surface area (Å²) in [6.45, 7) is 2.83. The Morgan fingerprint density at radius 1 is 1.35 bits per heavy atom. The number of carbonyl (C=O) groups excluding carboxylic acids is 1. The van der Waals surface area contributed by atoms with E-state index in [1.807, 2.05) is 0 Å². The van der Waals surface area contributed by atoms with Crippen LogP contribution in [0.1, 0.15) is 24.2 Å². The highest BCUT2D eigenvalue weighted by Gasteiger charge is 2.29. The van der Waals surface area contributed by atoms with Gasteiger partial charge in [-0.3, -0.25) is 4.79 Å². The first-order valence-corrected chi connectivity index (χ1v) is 5.79. The molecule has 0 aliphatic heterocycles. The molecule has 1 amide bonds. The number of tetrazole rings is 1. The summed E-state index contributed by atoms with van der Waals surface area (Å²) in [5.41, 5.74) is -0.412. The van der Waals surface area contributed by atoms with Crippen molar-refractivity contribution in [2.45, 2.75) is 19.4 Å². The van der Waals surface area contributed by atoms with Crippen LogP contribution < -0.4 is 5.32 Å². The lowest BCUT2D eigenvalue weighted by molar-refractivity contribution is -0.143. The number of benzene rings is 1. The Morgan fingerprint density at radius 2 is 2.10 bits per heavy atom. The molecule has 0 unspecified atom stereocenters. The van der Waals surface area contributed by atoms with Crippen LogP contribution in [0.2, 0.25) is 0 Å². The number of carbonyl (C=O) groups is 2. The summed E-state index contributed by atoms with van der Waals surface area (Å²) >= 11 is 0. The number of aliphatic carboxylic acids is 1. The smallest absolute Gasteiger partial charge is 0.328 e.